The molecule has 1 aromatic carbocycles. The molecule has 5 nitrogen and oxygen atoms in total. The van der Waals surface area contributed by atoms with Crippen LogP contribution in [0.25, 0.3) is 0 Å². The van der Waals surface area contributed by atoms with E-state index in [1.165, 1.54) is 0 Å². The second-order valence-corrected chi connectivity index (χ2v) is 6.46. The lowest BCUT2D eigenvalue weighted by Gasteiger charge is -2.13. The standard InChI is InChI=1S/C18H18N2O3/c1-10-7-14(23-2)6-5-13(10)9-19-20-17(21)15-11-3-4-12(8-11)16(15)18(20)22/h3-7,9,11-12,15-16H,8H2,1-2H3. The number of carbonyl (C=O) groups excluding carboxylic acids is 2. The van der Waals surface area contributed by atoms with E-state index in [1.807, 2.05) is 25.1 Å². The van der Waals surface area contributed by atoms with Gasteiger partial charge in [0.15, 0.2) is 0 Å². The summed E-state index contributed by atoms with van der Waals surface area (Å²) in [5.41, 5.74) is 1.85. The van der Waals surface area contributed by atoms with E-state index in [0.717, 1.165) is 28.3 Å². The number of carbonyl (C=O) groups is 2. The summed E-state index contributed by atoms with van der Waals surface area (Å²) in [6, 6.07) is 5.60. The van der Waals surface area contributed by atoms with Gasteiger partial charge in [0.05, 0.1) is 25.2 Å². The minimum Gasteiger partial charge on any atom is -0.497 e. The monoisotopic (exact) mass is 310 g/mol. The molecule has 2 amide bonds. The molecule has 0 aromatic heterocycles. The van der Waals surface area contributed by atoms with E-state index in [9.17, 15) is 9.59 Å². The number of fused-ring (bicyclic) bond motifs is 5. The number of allylic oxidation sites excluding steroid dienone is 2. The van der Waals surface area contributed by atoms with Gasteiger partial charge >= 0.3 is 0 Å². The van der Waals surface area contributed by atoms with Gasteiger partial charge in [-0.1, -0.05) is 12.2 Å². The van der Waals surface area contributed by atoms with Crippen LogP contribution in [-0.4, -0.2) is 30.1 Å². The van der Waals surface area contributed by atoms with Gasteiger partial charge in [-0.05, 0) is 54.5 Å². The predicted octanol–water partition coefficient (Wildman–Crippen LogP) is 2.14. The molecule has 0 radical (unpaired) electrons. The number of methoxy groups -OCH3 is 1. The molecule has 4 rings (SSSR count). The molecule has 1 aromatic rings. The van der Waals surface area contributed by atoms with E-state index < -0.39 is 0 Å². The molecule has 118 valence electrons. The van der Waals surface area contributed by atoms with Crippen LogP contribution in [0.3, 0.4) is 0 Å². The van der Waals surface area contributed by atoms with Gasteiger partial charge in [0.25, 0.3) is 11.8 Å². The molecule has 3 aliphatic rings. The lowest BCUT2D eigenvalue weighted by molar-refractivity contribution is -0.140. The number of nitrogens with zero attached hydrogens (tertiary/aromatic N) is 2. The fraction of sp³-hybridized carbons (Fsp3) is 0.389. The summed E-state index contributed by atoms with van der Waals surface area (Å²) in [6.07, 6.45) is 6.68. The molecular formula is C18H18N2O3. The Morgan fingerprint density at radius 3 is 2.39 bits per heavy atom. The number of aryl methyl sites for hydroxylation is 1. The first-order chi connectivity index (χ1) is 11.1. The van der Waals surface area contributed by atoms with Crippen LogP contribution in [0, 0.1) is 30.6 Å². The highest BCUT2D eigenvalue weighted by atomic mass is 16.5. The predicted molar refractivity (Wildman–Crippen MR) is 84.9 cm³/mol. The van der Waals surface area contributed by atoms with Gasteiger partial charge in [0, 0.05) is 0 Å². The van der Waals surface area contributed by atoms with Crippen LogP contribution in [0.1, 0.15) is 17.5 Å². The van der Waals surface area contributed by atoms with E-state index in [-0.39, 0.29) is 35.5 Å². The van der Waals surface area contributed by atoms with Crippen molar-refractivity contribution in [3.05, 3.63) is 41.5 Å². The first-order valence-electron chi connectivity index (χ1n) is 7.85. The summed E-state index contributed by atoms with van der Waals surface area (Å²) in [4.78, 5) is 25.1. The molecule has 2 bridgehead atoms. The molecule has 4 unspecified atom stereocenters. The van der Waals surface area contributed by atoms with Crippen LogP contribution >= 0.6 is 0 Å². The number of amides is 2. The van der Waals surface area contributed by atoms with E-state index in [0.29, 0.717) is 0 Å². The average Bonchev–Trinajstić information content (AvgIpc) is 3.22. The van der Waals surface area contributed by atoms with Crippen molar-refractivity contribution >= 4 is 18.0 Å². The topological polar surface area (TPSA) is 59.0 Å². The quantitative estimate of drug-likeness (QED) is 0.488. The van der Waals surface area contributed by atoms with Crippen molar-refractivity contribution in [1.82, 2.24) is 5.01 Å². The Labute approximate surface area is 134 Å². The zero-order valence-electron chi connectivity index (χ0n) is 13.1. The van der Waals surface area contributed by atoms with Gasteiger partial charge in [0.1, 0.15) is 5.75 Å². The maximum Gasteiger partial charge on any atom is 0.254 e. The molecule has 1 heterocycles. The van der Waals surface area contributed by atoms with Crippen molar-refractivity contribution in [2.24, 2.45) is 28.8 Å². The number of ether oxygens (including phenoxy) is 1. The van der Waals surface area contributed by atoms with Crippen molar-refractivity contribution < 1.29 is 14.3 Å². The number of benzene rings is 1. The number of hydrazone groups is 1. The highest BCUT2D eigenvalue weighted by molar-refractivity contribution is 6.06. The summed E-state index contributed by atoms with van der Waals surface area (Å²) in [5, 5.41) is 5.27. The fourth-order valence-electron chi connectivity index (χ4n) is 4.04. The maximum absolute atomic E-state index is 12.5. The molecule has 0 N–H and O–H groups in total. The molecule has 1 saturated heterocycles. The average molecular weight is 310 g/mol. The SMILES string of the molecule is COc1ccc(C=NN2C(=O)C3C4C=CC(C4)C3C2=O)c(C)c1. The highest BCUT2D eigenvalue weighted by Gasteiger charge is 2.59. The molecule has 4 atom stereocenters. The third-order valence-electron chi connectivity index (χ3n) is 5.24. The molecule has 23 heavy (non-hydrogen) atoms. The normalized spacial score (nSPS) is 31.5. The van der Waals surface area contributed by atoms with Crippen LogP contribution in [0.4, 0.5) is 0 Å². The Balaban J connectivity index is 1.58. The number of imide groups is 1. The van der Waals surface area contributed by atoms with E-state index in [1.54, 1.807) is 13.3 Å². The van der Waals surface area contributed by atoms with Gasteiger partial charge in [0.2, 0.25) is 0 Å². The minimum atomic E-state index is -0.202. The molecule has 1 aliphatic heterocycles. The second kappa shape index (κ2) is 5.05. The number of hydrogen-bond acceptors (Lipinski definition) is 4. The first-order valence-corrected chi connectivity index (χ1v) is 7.85. The van der Waals surface area contributed by atoms with E-state index in [2.05, 4.69) is 17.3 Å². The third kappa shape index (κ3) is 2.03. The van der Waals surface area contributed by atoms with E-state index in [4.69, 9.17) is 4.74 Å². The first kappa shape index (κ1) is 14.2. The minimum absolute atomic E-state index is 0.153. The van der Waals surface area contributed by atoms with Crippen molar-refractivity contribution in [2.45, 2.75) is 13.3 Å². The Bertz CT molecular complexity index is 723. The molecular weight excluding hydrogens is 292 g/mol. The smallest absolute Gasteiger partial charge is 0.254 e. The summed E-state index contributed by atoms with van der Waals surface area (Å²) < 4.78 is 5.17. The van der Waals surface area contributed by atoms with Crippen LogP contribution in [0.2, 0.25) is 0 Å². The summed E-state index contributed by atoms with van der Waals surface area (Å²) in [5.74, 6) is 0.482. The van der Waals surface area contributed by atoms with Crippen LogP contribution in [-0.2, 0) is 9.59 Å². The Morgan fingerprint density at radius 1 is 1.17 bits per heavy atom. The van der Waals surface area contributed by atoms with Crippen LogP contribution in [0.15, 0.2) is 35.5 Å². The van der Waals surface area contributed by atoms with Gasteiger partial charge < -0.3 is 4.74 Å². The van der Waals surface area contributed by atoms with Gasteiger partial charge in [-0.2, -0.15) is 10.1 Å². The lowest BCUT2D eigenvalue weighted by Crippen LogP contribution is -2.28. The summed E-state index contributed by atoms with van der Waals surface area (Å²) in [7, 11) is 1.62. The van der Waals surface area contributed by atoms with Crippen molar-refractivity contribution in [1.29, 1.82) is 0 Å². The number of hydrogen-bond donors (Lipinski definition) is 0. The fourth-order valence-corrected chi connectivity index (χ4v) is 4.04. The van der Waals surface area contributed by atoms with Crippen LogP contribution in [0.5, 0.6) is 5.75 Å². The molecule has 0 spiro atoms. The van der Waals surface area contributed by atoms with Gasteiger partial charge in [-0.15, -0.1) is 0 Å². The lowest BCUT2D eigenvalue weighted by atomic mass is 9.85. The van der Waals surface area contributed by atoms with Crippen molar-refractivity contribution in [3.63, 3.8) is 0 Å². The van der Waals surface area contributed by atoms with Gasteiger partial charge in [-0.25, -0.2) is 0 Å². The Hall–Kier alpha value is -2.43. The third-order valence-corrected chi connectivity index (χ3v) is 5.24. The zero-order chi connectivity index (χ0) is 16.1. The van der Waals surface area contributed by atoms with Gasteiger partial charge in [-0.3, -0.25) is 9.59 Å². The summed E-state index contributed by atoms with van der Waals surface area (Å²) >= 11 is 0. The number of rotatable bonds is 3. The van der Waals surface area contributed by atoms with Crippen LogP contribution < -0.4 is 4.74 Å². The molecule has 1 saturated carbocycles. The molecule has 2 fully saturated rings. The Kier molecular flexibility index (Phi) is 3.11. The van der Waals surface area contributed by atoms with Crippen molar-refractivity contribution in [2.75, 3.05) is 7.11 Å². The maximum atomic E-state index is 12.5. The van der Waals surface area contributed by atoms with E-state index >= 15 is 0 Å². The summed E-state index contributed by atoms with van der Waals surface area (Å²) in [6.45, 7) is 1.94. The molecule has 5 heteroatoms. The highest BCUT2D eigenvalue weighted by Crippen LogP contribution is 2.52. The zero-order valence-corrected chi connectivity index (χ0v) is 13.1. The second-order valence-electron chi connectivity index (χ2n) is 6.46. The Morgan fingerprint density at radius 2 is 1.83 bits per heavy atom. The molecule has 2 aliphatic carbocycles. The largest absolute Gasteiger partial charge is 0.497 e. The van der Waals surface area contributed by atoms with Crippen molar-refractivity contribution in [3.8, 4) is 5.75 Å².